The fourth-order valence-electron chi connectivity index (χ4n) is 2.07. The van der Waals surface area contributed by atoms with Crippen molar-refractivity contribution >= 4 is 15.9 Å². The van der Waals surface area contributed by atoms with Crippen LogP contribution in [0.2, 0.25) is 0 Å². The minimum absolute atomic E-state index is 0.00111. The van der Waals surface area contributed by atoms with E-state index in [1.807, 2.05) is 25.2 Å². The summed E-state index contributed by atoms with van der Waals surface area (Å²) >= 11 is 3.46. The van der Waals surface area contributed by atoms with Crippen LogP contribution in [-0.4, -0.2) is 19.1 Å². The van der Waals surface area contributed by atoms with Gasteiger partial charge in [-0.25, -0.2) is 4.39 Å². The Bertz CT molecular complexity index is 575. The lowest BCUT2D eigenvalue weighted by Gasteiger charge is -2.17. The second-order valence-electron chi connectivity index (χ2n) is 4.40. The number of ether oxygens (including phenoxy) is 1. The van der Waals surface area contributed by atoms with Crippen LogP contribution in [-0.2, 0) is 6.42 Å². The Kier molecular flexibility index (Phi) is 5.09. The molecule has 1 N–H and O–H groups in total. The molecule has 0 saturated heterocycles. The molecule has 0 saturated carbocycles. The molecule has 0 aliphatic rings. The predicted molar refractivity (Wildman–Crippen MR) is 80.4 cm³/mol. The van der Waals surface area contributed by atoms with Crippen molar-refractivity contribution in [1.82, 2.24) is 10.3 Å². The molecule has 20 heavy (non-hydrogen) atoms. The Hall–Kier alpha value is -1.46. The van der Waals surface area contributed by atoms with Crippen molar-refractivity contribution in [3.8, 4) is 5.75 Å². The Morgan fingerprint density at radius 2 is 2.15 bits per heavy atom. The van der Waals surface area contributed by atoms with E-state index in [9.17, 15) is 4.39 Å². The minimum atomic E-state index is -0.330. The molecule has 0 aliphatic carbocycles. The fourth-order valence-corrected chi connectivity index (χ4v) is 2.48. The largest absolute Gasteiger partial charge is 0.496 e. The number of nitrogens with one attached hydrogen (secondary N) is 1. The maximum atomic E-state index is 12.9. The number of hydrogen-bond acceptors (Lipinski definition) is 3. The molecule has 1 unspecified atom stereocenters. The molecule has 106 valence electrons. The smallest absolute Gasteiger partial charge is 0.141 e. The van der Waals surface area contributed by atoms with Gasteiger partial charge in [-0.1, -0.05) is 15.9 Å². The van der Waals surface area contributed by atoms with Gasteiger partial charge in [-0.15, -0.1) is 0 Å². The number of likely N-dealkylation sites (N-methyl/N-ethyl adjacent to an activating group) is 1. The third-order valence-corrected chi connectivity index (χ3v) is 3.62. The van der Waals surface area contributed by atoms with Crippen molar-refractivity contribution in [2.75, 3.05) is 14.2 Å². The van der Waals surface area contributed by atoms with Crippen molar-refractivity contribution in [2.24, 2.45) is 0 Å². The first-order chi connectivity index (χ1) is 9.63. The molecule has 5 heteroatoms. The SMILES string of the molecule is CNC(Cc1cc(Br)ccc1OC)c1ccc(F)cn1. The van der Waals surface area contributed by atoms with Crippen LogP contribution >= 0.6 is 15.9 Å². The molecular formula is C15H16BrFN2O. The molecule has 1 heterocycles. The zero-order chi connectivity index (χ0) is 14.5. The third-order valence-electron chi connectivity index (χ3n) is 3.12. The first kappa shape index (κ1) is 14.9. The molecule has 1 atom stereocenters. The third kappa shape index (κ3) is 3.55. The highest BCUT2D eigenvalue weighted by molar-refractivity contribution is 9.10. The Labute approximate surface area is 126 Å². The topological polar surface area (TPSA) is 34.1 Å². The van der Waals surface area contributed by atoms with Crippen molar-refractivity contribution < 1.29 is 9.13 Å². The number of hydrogen-bond donors (Lipinski definition) is 1. The summed E-state index contributed by atoms with van der Waals surface area (Å²) in [5, 5.41) is 3.20. The zero-order valence-electron chi connectivity index (χ0n) is 11.4. The van der Waals surface area contributed by atoms with Gasteiger partial charge in [0.2, 0.25) is 0 Å². The number of aromatic nitrogens is 1. The molecule has 0 bridgehead atoms. The molecule has 0 aliphatic heterocycles. The lowest BCUT2D eigenvalue weighted by molar-refractivity contribution is 0.406. The quantitative estimate of drug-likeness (QED) is 0.905. The van der Waals surface area contributed by atoms with Crippen LogP contribution in [0.3, 0.4) is 0 Å². The summed E-state index contributed by atoms with van der Waals surface area (Å²) in [6.45, 7) is 0. The van der Waals surface area contributed by atoms with Crippen LogP contribution in [0.4, 0.5) is 4.39 Å². The first-order valence-corrected chi connectivity index (χ1v) is 7.04. The lowest BCUT2D eigenvalue weighted by Crippen LogP contribution is -2.20. The van der Waals surface area contributed by atoms with E-state index in [-0.39, 0.29) is 11.9 Å². The standard InChI is InChI=1S/C15H16BrFN2O/c1-18-14(13-5-4-12(17)9-19-13)8-10-7-11(16)3-6-15(10)20-2/h3-7,9,14,18H,8H2,1-2H3. The number of pyridine rings is 1. The molecule has 0 fully saturated rings. The lowest BCUT2D eigenvalue weighted by atomic mass is 10.0. The van der Waals surface area contributed by atoms with Gasteiger partial charge >= 0.3 is 0 Å². The Balaban J connectivity index is 2.26. The molecule has 0 spiro atoms. The maximum Gasteiger partial charge on any atom is 0.141 e. The average Bonchev–Trinajstić information content (AvgIpc) is 2.46. The summed E-state index contributed by atoms with van der Waals surface area (Å²) in [4.78, 5) is 4.13. The van der Waals surface area contributed by atoms with Gasteiger partial charge in [0, 0.05) is 4.47 Å². The van der Waals surface area contributed by atoms with Crippen molar-refractivity contribution in [2.45, 2.75) is 12.5 Å². The fraction of sp³-hybridized carbons (Fsp3) is 0.267. The van der Waals surface area contributed by atoms with Gasteiger partial charge in [-0.3, -0.25) is 4.98 Å². The zero-order valence-corrected chi connectivity index (χ0v) is 12.9. The van der Waals surface area contributed by atoms with Crippen molar-refractivity contribution in [1.29, 1.82) is 0 Å². The second kappa shape index (κ2) is 6.81. The van der Waals surface area contributed by atoms with Crippen molar-refractivity contribution in [3.63, 3.8) is 0 Å². The van der Waals surface area contributed by atoms with E-state index in [0.717, 1.165) is 21.5 Å². The normalized spacial score (nSPS) is 12.2. The number of rotatable bonds is 5. The van der Waals surface area contributed by atoms with Crippen LogP contribution in [0.25, 0.3) is 0 Å². The molecule has 2 aromatic rings. The summed E-state index contributed by atoms with van der Waals surface area (Å²) in [5.41, 5.74) is 1.86. The molecule has 1 aromatic carbocycles. The Morgan fingerprint density at radius 1 is 1.35 bits per heavy atom. The highest BCUT2D eigenvalue weighted by Gasteiger charge is 2.14. The second-order valence-corrected chi connectivity index (χ2v) is 5.32. The summed E-state index contributed by atoms with van der Waals surface area (Å²) in [6.07, 6.45) is 1.94. The van der Waals surface area contributed by atoms with Gasteiger partial charge in [-0.2, -0.15) is 0 Å². The molecule has 2 rings (SSSR count). The number of methoxy groups -OCH3 is 1. The number of halogens is 2. The van der Waals surface area contributed by atoms with E-state index in [1.165, 1.54) is 12.3 Å². The van der Waals surface area contributed by atoms with Gasteiger partial charge in [0.1, 0.15) is 11.6 Å². The summed E-state index contributed by atoms with van der Waals surface area (Å²) < 4.78 is 19.3. The van der Waals surface area contributed by atoms with E-state index < -0.39 is 0 Å². The van der Waals surface area contributed by atoms with Gasteiger partial charge < -0.3 is 10.1 Å². The van der Waals surface area contributed by atoms with Crippen LogP contribution in [0.15, 0.2) is 41.0 Å². The van der Waals surface area contributed by atoms with Gasteiger partial charge in [0.25, 0.3) is 0 Å². The molecule has 1 aromatic heterocycles. The van der Waals surface area contributed by atoms with Crippen LogP contribution < -0.4 is 10.1 Å². The predicted octanol–water partition coefficient (Wildman–Crippen LogP) is 3.50. The van der Waals surface area contributed by atoms with Crippen LogP contribution in [0.1, 0.15) is 17.3 Å². The average molecular weight is 339 g/mol. The number of nitrogens with zero attached hydrogens (tertiary/aromatic N) is 1. The number of benzene rings is 1. The van der Waals surface area contributed by atoms with Crippen LogP contribution in [0.5, 0.6) is 5.75 Å². The van der Waals surface area contributed by atoms with Gasteiger partial charge in [0.05, 0.1) is 25.0 Å². The molecule has 3 nitrogen and oxygen atoms in total. The molecular weight excluding hydrogens is 323 g/mol. The monoisotopic (exact) mass is 338 g/mol. The van der Waals surface area contributed by atoms with E-state index in [1.54, 1.807) is 13.2 Å². The summed E-state index contributed by atoms with van der Waals surface area (Å²) in [6, 6.07) is 8.99. The van der Waals surface area contributed by atoms with Crippen LogP contribution in [0, 0.1) is 5.82 Å². The highest BCUT2D eigenvalue weighted by atomic mass is 79.9. The first-order valence-electron chi connectivity index (χ1n) is 6.25. The van der Waals surface area contributed by atoms with Crippen molar-refractivity contribution in [3.05, 3.63) is 58.1 Å². The highest BCUT2D eigenvalue weighted by Crippen LogP contribution is 2.27. The molecule has 0 radical (unpaired) electrons. The Morgan fingerprint density at radius 3 is 2.75 bits per heavy atom. The van der Waals surface area contributed by atoms with E-state index in [0.29, 0.717) is 6.42 Å². The van der Waals surface area contributed by atoms with Gasteiger partial charge in [0.15, 0.2) is 0 Å². The minimum Gasteiger partial charge on any atom is -0.496 e. The van der Waals surface area contributed by atoms with E-state index in [4.69, 9.17) is 4.74 Å². The summed E-state index contributed by atoms with van der Waals surface area (Å²) in [7, 11) is 3.51. The van der Waals surface area contributed by atoms with Gasteiger partial charge in [-0.05, 0) is 49.4 Å². The van der Waals surface area contributed by atoms with E-state index >= 15 is 0 Å². The molecule has 0 amide bonds. The van der Waals surface area contributed by atoms with E-state index in [2.05, 4.69) is 26.2 Å². The maximum absolute atomic E-state index is 12.9. The summed E-state index contributed by atoms with van der Waals surface area (Å²) in [5.74, 6) is 0.499.